The summed E-state index contributed by atoms with van der Waals surface area (Å²) in [6, 6.07) is 6.04. The molecule has 1 N–H and O–H groups in total. The maximum absolute atomic E-state index is 12.2. The largest absolute Gasteiger partial charge is 0.352 e. The molecule has 0 aromatic heterocycles. The van der Waals surface area contributed by atoms with E-state index in [1.54, 1.807) is 4.90 Å². The van der Waals surface area contributed by atoms with Gasteiger partial charge in [0, 0.05) is 16.2 Å². The Morgan fingerprint density at radius 1 is 1.29 bits per heavy atom. The number of nitrogens with one attached hydrogen (secondary N) is 1. The monoisotopic (exact) mass is 350 g/mol. The molecule has 112 valence electrons. The number of amides is 2. The molecule has 2 amide bonds. The molecule has 0 radical (unpaired) electrons. The fourth-order valence-electron chi connectivity index (χ4n) is 3.19. The van der Waals surface area contributed by atoms with Gasteiger partial charge in [0.15, 0.2) is 0 Å². The lowest BCUT2D eigenvalue weighted by Gasteiger charge is -2.24. The molecule has 0 bridgehead atoms. The van der Waals surface area contributed by atoms with Crippen LogP contribution in [0.5, 0.6) is 0 Å². The topological polar surface area (TPSA) is 49.4 Å². The Morgan fingerprint density at radius 3 is 2.81 bits per heavy atom. The molecule has 1 aliphatic carbocycles. The molecular formula is C16H19BrN2O2. The zero-order valence-corrected chi connectivity index (χ0v) is 13.5. The number of hydrogen-bond donors (Lipinski definition) is 1. The van der Waals surface area contributed by atoms with Crippen LogP contribution in [-0.2, 0) is 16.0 Å². The Balaban J connectivity index is 1.65. The maximum Gasteiger partial charge on any atom is 0.240 e. The SMILES string of the molecule is O=C(CN1C(=O)Cc2cc(Br)ccc21)NC1CCCCC1. The first-order chi connectivity index (χ1) is 10.1. The van der Waals surface area contributed by atoms with Gasteiger partial charge in [0.2, 0.25) is 11.8 Å². The minimum absolute atomic E-state index is 0.00175. The first kappa shape index (κ1) is 14.6. The fourth-order valence-corrected chi connectivity index (χ4v) is 3.60. The number of halogens is 1. The zero-order valence-electron chi connectivity index (χ0n) is 11.9. The molecule has 21 heavy (non-hydrogen) atoms. The molecule has 1 fully saturated rings. The van der Waals surface area contributed by atoms with Gasteiger partial charge in [-0.05, 0) is 36.6 Å². The van der Waals surface area contributed by atoms with Gasteiger partial charge < -0.3 is 10.2 Å². The minimum atomic E-state index is -0.0500. The van der Waals surface area contributed by atoms with Gasteiger partial charge in [0.25, 0.3) is 0 Å². The summed E-state index contributed by atoms with van der Waals surface area (Å²) < 4.78 is 0.961. The molecule has 4 nitrogen and oxygen atoms in total. The summed E-state index contributed by atoms with van der Waals surface area (Å²) in [5.74, 6) is -0.0482. The predicted molar refractivity (Wildman–Crippen MR) is 85.2 cm³/mol. The molecular weight excluding hydrogens is 332 g/mol. The molecule has 1 aromatic rings. The molecule has 1 heterocycles. The number of fused-ring (bicyclic) bond motifs is 1. The normalized spacial score (nSPS) is 18.7. The Bertz CT molecular complexity index is 567. The molecule has 1 saturated carbocycles. The van der Waals surface area contributed by atoms with Crippen LogP contribution in [0.25, 0.3) is 0 Å². The highest BCUT2D eigenvalue weighted by molar-refractivity contribution is 9.10. The molecule has 0 spiro atoms. The second-order valence-electron chi connectivity index (χ2n) is 5.83. The van der Waals surface area contributed by atoms with Crippen molar-refractivity contribution in [2.24, 2.45) is 0 Å². The lowest BCUT2D eigenvalue weighted by Crippen LogP contribution is -2.43. The third-order valence-electron chi connectivity index (χ3n) is 4.25. The van der Waals surface area contributed by atoms with Gasteiger partial charge in [-0.25, -0.2) is 0 Å². The number of benzene rings is 1. The van der Waals surface area contributed by atoms with E-state index in [9.17, 15) is 9.59 Å². The van der Waals surface area contributed by atoms with Crippen LogP contribution in [0.1, 0.15) is 37.7 Å². The highest BCUT2D eigenvalue weighted by Gasteiger charge is 2.29. The molecule has 2 aliphatic rings. The van der Waals surface area contributed by atoms with Crippen LogP contribution in [0, 0.1) is 0 Å². The van der Waals surface area contributed by atoms with E-state index in [-0.39, 0.29) is 24.4 Å². The molecule has 0 atom stereocenters. The fraction of sp³-hybridized carbons (Fsp3) is 0.500. The number of carbonyl (C=O) groups is 2. The van der Waals surface area contributed by atoms with Gasteiger partial charge in [-0.1, -0.05) is 35.2 Å². The summed E-state index contributed by atoms with van der Waals surface area (Å²) in [5.41, 5.74) is 1.85. The van der Waals surface area contributed by atoms with Gasteiger partial charge in [-0.3, -0.25) is 9.59 Å². The van der Waals surface area contributed by atoms with Crippen molar-refractivity contribution in [3.05, 3.63) is 28.2 Å². The van der Waals surface area contributed by atoms with Crippen molar-refractivity contribution in [3.63, 3.8) is 0 Å². The van der Waals surface area contributed by atoms with Crippen molar-refractivity contribution < 1.29 is 9.59 Å². The number of anilines is 1. The van der Waals surface area contributed by atoms with Crippen molar-refractivity contribution in [2.45, 2.75) is 44.6 Å². The summed E-state index contributed by atoms with van der Waals surface area (Å²) >= 11 is 3.41. The van der Waals surface area contributed by atoms with Crippen LogP contribution in [0.3, 0.4) is 0 Å². The van der Waals surface area contributed by atoms with Crippen LogP contribution in [0.2, 0.25) is 0 Å². The van der Waals surface area contributed by atoms with Crippen molar-refractivity contribution in [2.75, 3.05) is 11.4 Å². The van der Waals surface area contributed by atoms with Crippen LogP contribution in [-0.4, -0.2) is 24.4 Å². The number of rotatable bonds is 3. The van der Waals surface area contributed by atoms with E-state index in [4.69, 9.17) is 0 Å². The summed E-state index contributed by atoms with van der Waals surface area (Å²) in [6.45, 7) is 0.129. The summed E-state index contributed by atoms with van der Waals surface area (Å²) in [5, 5.41) is 3.07. The second kappa shape index (κ2) is 6.18. The standard InChI is InChI=1S/C16H19BrN2O2/c17-12-6-7-14-11(8-12)9-16(21)19(14)10-15(20)18-13-4-2-1-3-5-13/h6-8,13H,1-5,9-10H2,(H,18,20). The minimum Gasteiger partial charge on any atom is -0.352 e. The summed E-state index contributed by atoms with van der Waals surface area (Å²) in [6.07, 6.45) is 6.13. The first-order valence-electron chi connectivity index (χ1n) is 7.51. The van der Waals surface area contributed by atoms with E-state index in [0.717, 1.165) is 28.6 Å². The van der Waals surface area contributed by atoms with Crippen LogP contribution in [0.4, 0.5) is 5.69 Å². The van der Waals surface area contributed by atoms with Crippen molar-refractivity contribution >= 4 is 33.4 Å². The number of carbonyl (C=O) groups excluding carboxylic acids is 2. The zero-order chi connectivity index (χ0) is 14.8. The molecule has 1 aromatic carbocycles. The van der Waals surface area contributed by atoms with Gasteiger partial charge in [-0.15, -0.1) is 0 Å². The second-order valence-corrected chi connectivity index (χ2v) is 6.75. The lowest BCUT2D eigenvalue weighted by atomic mass is 9.95. The molecule has 3 rings (SSSR count). The van der Waals surface area contributed by atoms with Crippen molar-refractivity contribution in [3.8, 4) is 0 Å². The van der Waals surface area contributed by atoms with Gasteiger partial charge >= 0.3 is 0 Å². The highest BCUT2D eigenvalue weighted by Crippen LogP contribution is 2.31. The Hall–Kier alpha value is -1.36. The van der Waals surface area contributed by atoms with E-state index in [1.807, 2.05) is 18.2 Å². The van der Waals surface area contributed by atoms with Gasteiger partial charge in [0.1, 0.15) is 6.54 Å². The Labute approximate surface area is 133 Å². The average Bonchev–Trinajstić information content (AvgIpc) is 2.75. The van der Waals surface area contributed by atoms with E-state index < -0.39 is 0 Å². The van der Waals surface area contributed by atoms with Gasteiger partial charge in [0.05, 0.1) is 6.42 Å². The van der Waals surface area contributed by atoms with Crippen molar-refractivity contribution in [1.82, 2.24) is 5.32 Å². The number of nitrogens with zero attached hydrogens (tertiary/aromatic N) is 1. The third kappa shape index (κ3) is 3.28. The number of hydrogen-bond acceptors (Lipinski definition) is 2. The summed E-state index contributed by atoms with van der Waals surface area (Å²) in [7, 11) is 0. The molecule has 1 aliphatic heterocycles. The summed E-state index contributed by atoms with van der Waals surface area (Å²) in [4.78, 5) is 25.9. The lowest BCUT2D eigenvalue weighted by molar-refractivity contribution is -0.123. The van der Waals surface area contributed by atoms with Crippen LogP contribution >= 0.6 is 15.9 Å². The molecule has 5 heteroatoms. The van der Waals surface area contributed by atoms with Crippen molar-refractivity contribution in [1.29, 1.82) is 0 Å². The van der Waals surface area contributed by atoms with E-state index in [2.05, 4.69) is 21.2 Å². The molecule has 0 saturated heterocycles. The molecule has 0 unspecified atom stereocenters. The average molecular weight is 351 g/mol. The van der Waals surface area contributed by atoms with Crippen LogP contribution < -0.4 is 10.2 Å². The van der Waals surface area contributed by atoms with E-state index in [1.165, 1.54) is 19.3 Å². The predicted octanol–water partition coefficient (Wildman–Crippen LogP) is 2.79. The van der Waals surface area contributed by atoms with E-state index in [0.29, 0.717) is 6.42 Å². The quantitative estimate of drug-likeness (QED) is 0.911. The first-order valence-corrected chi connectivity index (χ1v) is 8.31. The van der Waals surface area contributed by atoms with Crippen LogP contribution in [0.15, 0.2) is 22.7 Å². The Morgan fingerprint density at radius 2 is 2.05 bits per heavy atom. The smallest absolute Gasteiger partial charge is 0.240 e. The Kier molecular flexibility index (Phi) is 4.29. The van der Waals surface area contributed by atoms with Gasteiger partial charge in [-0.2, -0.15) is 0 Å². The third-order valence-corrected chi connectivity index (χ3v) is 4.74. The highest BCUT2D eigenvalue weighted by atomic mass is 79.9. The van der Waals surface area contributed by atoms with E-state index >= 15 is 0 Å². The maximum atomic E-state index is 12.2.